The Morgan fingerprint density at radius 2 is 2.05 bits per heavy atom. The van der Waals surface area contributed by atoms with Crippen LogP contribution >= 0.6 is 11.3 Å². The second-order valence-corrected chi connectivity index (χ2v) is 5.82. The zero-order chi connectivity index (χ0) is 15.2. The van der Waals surface area contributed by atoms with E-state index in [1.807, 2.05) is 0 Å². The van der Waals surface area contributed by atoms with Crippen LogP contribution in [0.5, 0.6) is 0 Å². The van der Waals surface area contributed by atoms with Gasteiger partial charge in [0, 0.05) is 0 Å². The third kappa shape index (κ3) is 5.68. The smallest absolute Gasteiger partial charge is 0.349 e. The van der Waals surface area contributed by atoms with Gasteiger partial charge in [-0.2, -0.15) is 0 Å². The maximum absolute atomic E-state index is 11.8. The van der Waals surface area contributed by atoms with E-state index in [2.05, 4.69) is 4.74 Å². The molecule has 0 aliphatic heterocycles. The molecule has 1 atom stereocenters. The maximum Gasteiger partial charge on any atom is 0.349 e. The van der Waals surface area contributed by atoms with E-state index in [-0.39, 0.29) is 6.61 Å². The molecule has 0 saturated heterocycles. The summed E-state index contributed by atoms with van der Waals surface area (Å²) < 4.78 is 9.62. The van der Waals surface area contributed by atoms with Crippen molar-refractivity contribution in [3.63, 3.8) is 0 Å². The molecule has 0 saturated carbocycles. The molecule has 0 N–H and O–H groups in total. The largest absolute Gasteiger partial charge is 0.466 e. The van der Waals surface area contributed by atoms with E-state index in [4.69, 9.17) is 14.5 Å². The van der Waals surface area contributed by atoms with Gasteiger partial charge in [0.25, 0.3) is 0 Å². The Hall–Kier alpha value is -1.44. The van der Waals surface area contributed by atoms with Gasteiger partial charge in [0.1, 0.15) is 11.5 Å². The van der Waals surface area contributed by atoms with Gasteiger partial charge < -0.3 is 9.47 Å². The first-order chi connectivity index (χ1) is 9.33. The van der Waals surface area contributed by atoms with E-state index in [9.17, 15) is 9.59 Å². The number of hydrogen-bond donors (Lipinski definition) is 0. The molecular weight excluding hydrogens is 284 g/mol. The molecule has 112 valence electrons. The van der Waals surface area contributed by atoms with Crippen molar-refractivity contribution in [1.82, 2.24) is 0 Å². The molecule has 0 aromatic carbocycles. The minimum atomic E-state index is -1.17. The van der Waals surface area contributed by atoms with Crippen LogP contribution in [-0.4, -0.2) is 37.4 Å². The first-order valence-electron chi connectivity index (χ1n) is 5.96. The summed E-state index contributed by atoms with van der Waals surface area (Å²) in [7, 11) is 1.21. The van der Waals surface area contributed by atoms with E-state index in [0.29, 0.717) is 4.88 Å². The number of carbonyl (C=O) groups is 2. The van der Waals surface area contributed by atoms with Crippen molar-refractivity contribution >= 4 is 23.3 Å². The fourth-order valence-corrected chi connectivity index (χ4v) is 1.74. The third-order valence-electron chi connectivity index (χ3n) is 1.96. The second kappa shape index (κ2) is 7.37. The number of methoxy groups -OCH3 is 1. The lowest BCUT2D eigenvalue weighted by Gasteiger charge is -2.20. The van der Waals surface area contributed by atoms with Crippen molar-refractivity contribution < 1.29 is 28.8 Å². The highest BCUT2D eigenvalue weighted by atomic mass is 32.1. The van der Waals surface area contributed by atoms with E-state index in [1.54, 1.807) is 38.3 Å². The Kier molecular flexibility index (Phi) is 6.12. The fraction of sp³-hybridized carbons (Fsp3) is 0.538. The summed E-state index contributed by atoms with van der Waals surface area (Å²) in [5.41, 5.74) is -0.529. The molecule has 1 heterocycles. The molecule has 20 heavy (non-hydrogen) atoms. The van der Waals surface area contributed by atoms with Gasteiger partial charge in [0.05, 0.1) is 12.7 Å². The van der Waals surface area contributed by atoms with E-state index >= 15 is 0 Å². The average molecular weight is 302 g/mol. The lowest BCUT2D eigenvalue weighted by atomic mass is 10.2. The molecule has 7 heteroatoms. The molecule has 0 radical (unpaired) electrons. The van der Waals surface area contributed by atoms with Crippen LogP contribution in [0.2, 0.25) is 0 Å². The number of esters is 2. The summed E-state index contributed by atoms with van der Waals surface area (Å²) >= 11 is 1.22. The van der Waals surface area contributed by atoms with E-state index in [0.717, 1.165) is 0 Å². The Morgan fingerprint density at radius 1 is 1.35 bits per heavy atom. The number of ether oxygens (including phenoxy) is 2. The normalized spacial score (nSPS) is 12.8. The highest BCUT2D eigenvalue weighted by Crippen LogP contribution is 2.13. The Morgan fingerprint density at radius 3 is 2.55 bits per heavy atom. The molecule has 0 unspecified atom stereocenters. The minimum Gasteiger partial charge on any atom is -0.466 e. The van der Waals surface area contributed by atoms with Crippen LogP contribution in [0.15, 0.2) is 17.5 Å². The van der Waals surface area contributed by atoms with Gasteiger partial charge in [0.15, 0.2) is 0 Å². The highest BCUT2D eigenvalue weighted by molar-refractivity contribution is 7.11. The van der Waals surface area contributed by atoms with Gasteiger partial charge in [-0.05, 0) is 32.2 Å². The molecule has 0 aliphatic carbocycles. The molecule has 6 nitrogen and oxygen atoms in total. The molecular formula is C13H18O6S. The van der Waals surface area contributed by atoms with Crippen molar-refractivity contribution in [3.8, 4) is 0 Å². The maximum atomic E-state index is 11.8. The number of thiophene rings is 1. The number of rotatable bonds is 6. The average Bonchev–Trinajstić information content (AvgIpc) is 2.89. The first-order valence-corrected chi connectivity index (χ1v) is 6.84. The third-order valence-corrected chi connectivity index (χ3v) is 2.81. The number of hydrogen-bond acceptors (Lipinski definition) is 7. The molecule has 0 aliphatic rings. The Bertz CT molecular complexity index is 434. The molecule has 1 aromatic heterocycles. The lowest BCUT2D eigenvalue weighted by Crippen LogP contribution is -2.34. The molecule has 0 spiro atoms. The van der Waals surface area contributed by atoms with Crippen LogP contribution in [0.25, 0.3) is 0 Å². The molecule has 0 amide bonds. The van der Waals surface area contributed by atoms with Crippen molar-refractivity contribution in [2.45, 2.75) is 32.5 Å². The topological polar surface area (TPSA) is 71.1 Å². The molecule has 1 aromatic rings. The van der Waals surface area contributed by atoms with Gasteiger partial charge in [-0.25, -0.2) is 19.4 Å². The van der Waals surface area contributed by atoms with Gasteiger partial charge in [-0.1, -0.05) is 6.07 Å². The predicted molar refractivity (Wildman–Crippen MR) is 72.3 cm³/mol. The van der Waals surface area contributed by atoms with E-state index < -0.39 is 23.6 Å². The van der Waals surface area contributed by atoms with Crippen molar-refractivity contribution in [3.05, 3.63) is 22.4 Å². The van der Waals surface area contributed by atoms with Crippen LogP contribution in [0.1, 0.15) is 30.4 Å². The van der Waals surface area contributed by atoms with Crippen LogP contribution in [0.4, 0.5) is 0 Å². The lowest BCUT2D eigenvalue weighted by molar-refractivity contribution is -0.354. The standard InChI is InChI=1S/C13H18O6S/c1-13(2,3)19-17-8-9(11(14)16-4)18-12(15)10-6-5-7-20-10/h5-7,9H,8H2,1-4H3/t9-/m1/s1. The van der Waals surface area contributed by atoms with E-state index in [1.165, 1.54) is 18.4 Å². The van der Waals surface area contributed by atoms with Crippen molar-refractivity contribution in [2.24, 2.45) is 0 Å². The van der Waals surface area contributed by atoms with Gasteiger partial charge in [-0.15, -0.1) is 11.3 Å². The summed E-state index contributed by atoms with van der Waals surface area (Å²) in [6.07, 6.45) is -1.17. The molecule has 1 rings (SSSR count). The van der Waals surface area contributed by atoms with Gasteiger partial charge in [-0.3, -0.25) is 0 Å². The Balaban J connectivity index is 2.56. The SMILES string of the molecule is COC(=O)[C@@H](COOC(C)(C)C)OC(=O)c1cccs1. The van der Waals surface area contributed by atoms with Gasteiger partial charge in [0.2, 0.25) is 6.10 Å². The van der Waals surface area contributed by atoms with Crippen LogP contribution in [-0.2, 0) is 24.0 Å². The summed E-state index contributed by atoms with van der Waals surface area (Å²) in [5, 5.41) is 1.74. The summed E-state index contributed by atoms with van der Waals surface area (Å²) in [5.74, 6) is -1.30. The summed E-state index contributed by atoms with van der Waals surface area (Å²) in [6.45, 7) is 5.13. The fourth-order valence-electron chi connectivity index (χ4n) is 1.14. The second-order valence-electron chi connectivity index (χ2n) is 4.87. The Labute approximate surface area is 121 Å². The predicted octanol–water partition coefficient (Wildman–Crippen LogP) is 2.19. The highest BCUT2D eigenvalue weighted by Gasteiger charge is 2.26. The monoisotopic (exact) mass is 302 g/mol. The molecule has 0 bridgehead atoms. The zero-order valence-electron chi connectivity index (χ0n) is 11.9. The summed E-state index contributed by atoms with van der Waals surface area (Å²) in [4.78, 5) is 33.7. The van der Waals surface area contributed by atoms with Crippen LogP contribution < -0.4 is 0 Å². The molecule has 0 fully saturated rings. The van der Waals surface area contributed by atoms with Gasteiger partial charge >= 0.3 is 11.9 Å². The van der Waals surface area contributed by atoms with Crippen molar-refractivity contribution in [1.29, 1.82) is 0 Å². The van der Waals surface area contributed by atoms with Crippen LogP contribution in [0.3, 0.4) is 0 Å². The van der Waals surface area contributed by atoms with Crippen molar-refractivity contribution in [2.75, 3.05) is 13.7 Å². The van der Waals surface area contributed by atoms with Crippen LogP contribution in [0, 0.1) is 0 Å². The number of carbonyl (C=O) groups excluding carboxylic acids is 2. The zero-order valence-corrected chi connectivity index (χ0v) is 12.7. The summed E-state index contributed by atoms with van der Waals surface area (Å²) in [6, 6.07) is 3.32. The minimum absolute atomic E-state index is 0.235. The first kappa shape index (κ1) is 16.6. The quantitative estimate of drug-likeness (QED) is 0.456.